The zero-order valence-corrected chi connectivity index (χ0v) is 19.3. The lowest BCUT2D eigenvalue weighted by molar-refractivity contribution is -0.128. The number of amides is 1. The van der Waals surface area contributed by atoms with E-state index < -0.39 is 18.0 Å². The molecule has 2 N–H and O–H groups in total. The SMILES string of the molecule is C=C(C)/C(=C\C)NCC1=CC(C(C)(F)F)=CN2C(=O)C(C)=C(Oc3ccn(C)c(=O)c3)NC12. The molecule has 0 aliphatic carbocycles. The molecule has 1 unspecified atom stereocenters. The van der Waals surface area contributed by atoms with Crippen LogP contribution in [0.1, 0.15) is 27.7 Å². The van der Waals surface area contributed by atoms with E-state index in [1.807, 2.05) is 19.9 Å². The number of carbonyl (C=O) groups is 1. The quantitative estimate of drug-likeness (QED) is 0.614. The lowest BCUT2D eigenvalue weighted by Crippen LogP contribution is -2.55. The third kappa shape index (κ3) is 5.08. The second-order valence-corrected chi connectivity index (χ2v) is 8.16. The van der Waals surface area contributed by atoms with Gasteiger partial charge in [0.05, 0.1) is 5.57 Å². The first kappa shape index (κ1) is 24.0. The first-order chi connectivity index (χ1) is 15.4. The highest BCUT2D eigenvalue weighted by Gasteiger charge is 2.40. The van der Waals surface area contributed by atoms with Crippen LogP contribution in [0.4, 0.5) is 8.78 Å². The molecule has 1 aromatic rings. The largest absolute Gasteiger partial charge is 0.441 e. The Balaban J connectivity index is 1.97. The van der Waals surface area contributed by atoms with Gasteiger partial charge in [-0.3, -0.25) is 14.5 Å². The number of aromatic nitrogens is 1. The van der Waals surface area contributed by atoms with E-state index in [0.717, 1.165) is 24.4 Å². The minimum absolute atomic E-state index is 0.159. The Hall–Kier alpha value is -3.62. The molecule has 0 saturated heterocycles. The highest BCUT2D eigenvalue weighted by atomic mass is 19.3. The molecule has 0 radical (unpaired) electrons. The molecule has 0 saturated carbocycles. The van der Waals surface area contributed by atoms with Crippen molar-refractivity contribution in [3.63, 3.8) is 0 Å². The smallest absolute Gasteiger partial charge is 0.271 e. The lowest BCUT2D eigenvalue weighted by Gasteiger charge is -2.40. The molecule has 176 valence electrons. The van der Waals surface area contributed by atoms with Gasteiger partial charge in [-0.05, 0) is 44.1 Å². The predicted molar refractivity (Wildman–Crippen MR) is 122 cm³/mol. The van der Waals surface area contributed by atoms with E-state index in [2.05, 4.69) is 17.2 Å². The van der Waals surface area contributed by atoms with Gasteiger partial charge >= 0.3 is 0 Å². The molecule has 33 heavy (non-hydrogen) atoms. The van der Waals surface area contributed by atoms with E-state index in [9.17, 15) is 18.4 Å². The van der Waals surface area contributed by atoms with Gasteiger partial charge in [-0.25, -0.2) is 8.78 Å². The Labute approximate surface area is 191 Å². The van der Waals surface area contributed by atoms with Gasteiger partial charge in [0, 0.05) is 50.2 Å². The van der Waals surface area contributed by atoms with Gasteiger partial charge in [-0.2, -0.15) is 0 Å². The van der Waals surface area contributed by atoms with Crippen molar-refractivity contribution in [1.82, 2.24) is 20.1 Å². The molecule has 3 heterocycles. The van der Waals surface area contributed by atoms with Gasteiger partial charge in [0.25, 0.3) is 17.4 Å². The number of hydrogen-bond acceptors (Lipinski definition) is 5. The van der Waals surface area contributed by atoms with Crippen molar-refractivity contribution in [3.8, 4) is 5.75 Å². The van der Waals surface area contributed by atoms with Crippen LogP contribution in [-0.2, 0) is 11.8 Å². The molecule has 1 atom stereocenters. The van der Waals surface area contributed by atoms with Gasteiger partial charge in [-0.1, -0.05) is 12.7 Å². The summed E-state index contributed by atoms with van der Waals surface area (Å²) < 4.78 is 35.6. The zero-order chi connectivity index (χ0) is 24.5. The van der Waals surface area contributed by atoms with E-state index in [0.29, 0.717) is 5.57 Å². The normalized spacial score (nSPS) is 18.9. The number of nitrogens with zero attached hydrogens (tertiary/aromatic N) is 2. The molecule has 0 aromatic carbocycles. The number of fused-ring (bicyclic) bond motifs is 1. The summed E-state index contributed by atoms with van der Waals surface area (Å²) >= 11 is 0. The first-order valence-corrected chi connectivity index (χ1v) is 10.4. The summed E-state index contributed by atoms with van der Waals surface area (Å²) in [6.45, 7) is 10.1. The van der Waals surface area contributed by atoms with Crippen LogP contribution < -0.4 is 20.9 Å². The number of alkyl halides is 2. The Morgan fingerprint density at radius 3 is 2.67 bits per heavy atom. The summed E-state index contributed by atoms with van der Waals surface area (Å²) in [5.74, 6) is -3.19. The van der Waals surface area contributed by atoms with E-state index in [1.54, 1.807) is 19.3 Å². The number of hydrogen-bond donors (Lipinski definition) is 2. The fourth-order valence-electron chi connectivity index (χ4n) is 3.48. The summed E-state index contributed by atoms with van der Waals surface area (Å²) in [5, 5.41) is 6.32. The van der Waals surface area contributed by atoms with Crippen molar-refractivity contribution in [2.75, 3.05) is 6.54 Å². The Morgan fingerprint density at radius 1 is 1.39 bits per heavy atom. The Bertz CT molecular complexity index is 1170. The summed E-state index contributed by atoms with van der Waals surface area (Å²) in [7, 11) is 1.61. The molecule has 0 spiro atoms. The third-order valence-corrected chi connectivity index (χ3v) is 5.45. The van der Waals surface area contributed by atoms with E-state index in [4.69, 9.17) is 4.74 Å². The lowest BCUT2D eigenvalue weighted by atomic mass is 9.98. The second kappa shape index (κ2) is 9.09. The molecule has 9 heteroatoms. The van der Waals surface area contributed by atoms with Gasteiger partial charge in [-0.15, -0.1) is 0 Å². The number of aryl methyl sites for hydroxylation is 1. The second-order valence-electron chi connectivity index (χ2n) is 8.16. The number of carbonyl (C=O) groups excluding carboxylic acids is 1. The number of rotatable bonds is 7. The molecule has 7 nitrogen and oxygen atoms in total. The average molecular weight is 459 g/mol. The fraction of sp³-hybridized carbons (Fsp3) is 0.333. The number of pyridine rings is 1. The molecule has 3 rings (SSSR count). The number of ether oxygens (including phenoxy) is 1. The summed E-state index contributed by atoms with van der Waals surface area (Å²) in [6, 6.07) is 2.90. The van der Waals surface area contributed by atoms with Crippen molar-refractivity contribution >= 4 is 5.91 Å². The number of halogens is 2. The molecule has 1 aromatic heterocycles. The van der Waals surface area contributed by atoms with Crippen molar-refractivity contribution in [2.45, 2.75) is 39.8 Å². The van der Waals surface area contributed by atoms with Crippen LogP contribution in [0.5, 0.6) is 5.75 Å². The van der Waals surface area contributed by atoms with Crippen LogP contribution in [0.25, 0.3) is 0 Å². The summed E-state index contributed by atoms with van der Waals surface area (Å²) in [6.07, 6.45) is 5.19. The van der Waals surface area contributed by atoms with Crippen molar-refractivity contribution in [3.05, 3.63) is 87.5 Å². The molecule has 2 aliphatic heterocycles. The van der Waals surface area contributed by atoms with Gasteiger partial charge < -0.3 is 19.9 Å². The van der Waals surface area contributed by atoms with Gasteiger partial charge in [0.2, 0.25) is 5.88 Å². The van der Waals surface area contributed by atoms with E-state index in [-0.39, 0.29) is 34.9 Å². The monoisotopic (exact) mass is 458 g/mol. The predicted octanol–water partition coefficient (Wildman–Crippen LogP) is 3.30. The van der Waals surface area contributed by atoms with Gasteiger partial charge in [0.1, 0.15) is 11.9 Å². The summed E-state index contributed by atoms with van der Waals surface area (Å²) in [5.41, 5.74) is 1.74. The maximum atomic E-state index is 14.2. The van der Waals surface area contributed by atoms with E-state index >= 15 is 0 Å². The number of allylic oxidation sites excluding steroid dienone is 4. The highest BCUT2D eigenvalue weighted by Crippen LogP contribution is 2.33. The minimum Gasteiger partial charge on any atom is -0.441 e. The topological polar surface area (TPSA) is 75.6 Å². The molecular formula is C24H28F2N4O3. The molecule has 0 fully saturated rings. The third-order valence-electron chi connectivity index (χ3n) is 5.45. The zero-order valence-electron chi connectivity index (χ0n) is 19.3. The molecule has 1 amide bonds. The van der Waals surface area contributed by atoms with Crippen LogP contribution >= 0.6 is 0 Å². The highest BCUT2D eigenvalue weighted by molar-refractivity contribution is 5.95. The van der Waals surface area contributed by atoms with Gasteiger partial charge in [0.15, 0.2) is 0 Å². The first-order valence-electron chi connectivity index (χ1n) is 10.4. The number of nitrogens with one attached hydrogen (secondary N) is 2. The average Bonchev–Trinajstić information content (AvgIpc) is 2.74. The van der Waals surface area contributed by atoms with Crippen LogP contribution in [0, 0.1) is 0 Å². The maximum Gasteiger partial charge on any atom is 0.271 e. The van der Waals surface area contributed by atoms with Crippen LogP contribution in [0.3, 0.4) is 0 Å². The molecular weight excluding hydrogens is 430 g/mol. The minimum atomic E-state index is -3.13. The maximum absolute atomic E-state index is 14.2. The Kier molecular flexibility index (Phi) is 6.62. The van der Waals surface area contributed by atoms with E-state index in [1.165, 1.54) is 28.5 Å². The van der Waals surface area contributed by atoms with Crippen LogP contribution in [0.2, 0.25) is 0 Å². The van der Waals surface area contributed by atoms with Crippen LogP contribution in [-0.4, -0.2) is 34.0 Å². The summed E-state index contributed by atoms with van der Waals surface area (Å²) in [4.78, 5) is 26.3. The fourth-order valence-corrected chi connectivity index (χ4v) is 3.48. The van der Waals surface area contributed by atoms with Crippen LogP contribution in [0.15, 0.2) is 81.9 Å². The molecule has 0 bridgehead atoms. The molecule has 2 aliphatic rings. The Morgan fingerprint density at radius 2 is 2.09 bits per heavy atom. The van der Waals surface area contributed by atoms with Crippen molar-refractivity contribution in [2.24, 2.45) is 7.05 Å². The van der Waals surface area contributed by atoms with Crippen molar-refractivity contribution in [1.29, 1.82) is 0 Å². The van der Waals surface area contributed by atoms with Crippen molar-refractivity contribution < 1.29 is 18.3 Å². The standard InChI is InChI=1S/C24H28F2N4O3/c1-7-19(14(2)3)27-12-16-10-17(24(5,25)26)13-30-21(16)28-22(15(4)23(30)32)33-18-8-9-29(6)20(31)11-18/h7-11,13,21,27-28H,2,12H2,1,3-6H3/b19-7+.